The quantitative estimate of drug-likeness (QED) is 0.647. The molecule has 1 nitrogen and oxygen atoms in total. The summed E-state index contributed by atoms with van der Waals surface area (Å²) < 4.78 is 0. The Balaban J connectivity index is 2.50. The molecule has 1 aliphatic rings. The highest BCUT2D eigenvalue weighted by Gasteiger charge is 2.32. The third kappa shape index (κ3) is 5.30. The molecule has 1 rings (SSSR count). The van der Waals surface area contributed by atoms with Gasteiger partial charge in [-0.25, -0.2) is 0 Å². The molecule has 1 N–H and O–H groups in total. The van der Waals surface area contributed by atoms with E-state index in [4.69, 9.17) is 0 Å². The summed E-state index contributed by atoms with van der Waals surface area (Å²) in [7, 11) is 0. The monoisotopic (exact) mass is 253 g/mol. The number of rotatable bonds is 7. The van der Waals surface area contributed by atoms with Crippen LogP contribution in [0.1, 0.15) is 66.7 Å². The van der Waals surface area contributed by atoms with Crippen LogP contribution in [0.5, 0.6) is 0 Å². The fraction of sp³-hybridized carbons (Fsp3) is 1.00. The van der Waals surface area contributed by atoms with Gasteiger partial charge in [-0.15, -0.1) is 0 Å². The van der Waals surface area contributed by atoms with Crippen molar-refractivity contribution in [2.75, 3.05) is 13.1 Å². The Morgan fingerprint density at radius 1 is 1.17 bits per heavy atom. The zero-order valence-electron chi connectivity index (χ0n) is 13.3. The summed E-state index contributed by atoms with van der Waals surface area (Å²) in [5.41, 5.74) is 0. The molecule has 0 aromatic heterocycles. The van der Waals surface area contributed by atoms with Crippen molar-refractivity contribution in [1.29, 1.82) is 0 Å². The highest BCUT2D eigenvalue weighted by Crippen LogP contribution is 2.39. The molecule has 1 saturated carbocycles. The molecule has 0 saturated heterocycles. The first kappa shape index (κ1) is 16.0. The van der Waals surface area contributed by atoms with Crippen LogP contribution in [0.4, 0.5) is 0 Å². The van der Waals surface area contributed by atoms with Gasteiger partial charge in [0.05, 0.1) is 0 Å². The van der Waals surface area contributed by atoms with Gasteiger partial charge in [0.15, 0.2) is 0 Å². The fourth-order valence-corrected chi connectivity index (χ4v) is 3.82. The first-order valence-electron chi connectivity index (χ1n) is 8.25. The predicted octanol–water partition coefficient (Wildman–Crippen LogP) is 4.72. The Morgan fingerprint density at radius 2 is 1.89 bits per heavy atom. The summed E-state index contributed by atoms with van der Waals surface area (Å²) in [6, 6.07) is 0. The standard InChI is InChI=1S/C17H35N/c1-6-9-18-12-16-8-7-14(4)11-17(16)15(5)10-13(2)3/h13-18H,6-12H2,1-5H3. The van der Waals surface area contributed by atoms with E-state index < -0.39 is 0 Å². The lowest BCUT2D eigenvalue weighted by molar-refractivity contribution is 0.120. The third-order valence-electron chi connectivity index (χ3n) is 4.72. The summed E-state index contributed by atoms with van der Waals surface area (Å²) in [6.07, 6.45) is 7.03. The number of nitrogens with one attached hydrogen (secondary N) is 1. The van der Waals surface area contributed by atoms with Crippen LogP contribution in [0.3, 0.4) is 0 Å². The van der Waals surface area contributed by atoms with Crippen molar-refractivity contribution >= 4 is 0 Å². The van der Waals surface area contributed by atoms with Crippen molar-refractivity contribution in [3.8, 4) is 0 Å². The average Bonchev–Trinajstić information content (AvgIpc) is 2.30. The first-order valence-corrected chi connectivity index (χ1v) is 8.25. The molecule has 1 fully saturated rings. The van der Waals surface area contributed by atoms with Gasteiger partial charge in [0.25, 0.3) is 0 Å². The maximum absolute atomic E-state index is 3.66. The molecule has 1 aliphatic carbocycles. The van der Waals surface area contributed by atoms with Crippen LogP contribution in [0.25, 0.3) is 0 Å². The van der Waals surface area contributed by atoms with Gasteiger partial charge in [0.1, 0.15) is 0 Å². The molecular formula is C17H35N. The molecule has 108 valence electrons. The minimum atomic E-state index is 0.849. The average molecular weight is 253 g/mol. The molecular weight excluding hydrogens is 218 g/mol. The van der Waals surface area contributed by atoms with E-state index in [0.717, 1.165) is 29.6 Å². The molecule has 0 radical (unpaired) electrons. The van der Waals surface area contributed by atoms with Crippen LogP contribution in [0.2, 0.25) is 0 Å². The minimum absolute atomic E-state index is 0.849. The van der Waals surface area contributed by atoms with Gasteiger partial charge in [0, 0.05) is 0 Å². The van der Waals surface area contributed by atoms with E-state index in [1.807, 2.05) is 0 Å². The number of hydrogen-bond acceptors (Lipinski definition) is 1. The zero-order chi connectivity index (χ0) is 13.5. The van der Waals surface area contributed by atoms with Gasteiger partial charge in [-0.3, -0.25) is 0 Å². The van der Waals surface area contributed by atoms with E-state index in [-0.39, 0.29) is 0 Å². The van der Waals surface area contributed by atoms with E-state index in [1.54, 1.807) is 0 Å². The fourth-order valence-electron chi connectivity index (χ4n) is 3.82. The SMILES string of the molecule is CCCNCC1CCC(C)CC1C(C)CC(C)C. The zero-order valence-corrected chi connectivity index (χ0v) is 13.3. The Kier molecular flexibility index (Phi) is 7.29. The van der Waals surface area contributed by atoms with E-state index >= 15 is 0 Å². The van der Waals surface area contributed by atoms with Gasteiger partial charge in [0.2, 0.25) is 0 Å². The lowest BCUT2D eigenvalue weighted by atomic mass is 9.68. The van der Waals surface area contributed by atoms with Gasteiger partial charge < -0.3 is 5.32 Å². The van der Waals surface area contributed by atoms with Crippen molar-refractivity contribution in [3.63, 3.8) is 0 Å². The van der Waals surface area contributed by atoms with Crippen LogP contribution in [0, 0.1) is 29.6 Å². The predicted molar refractivity (Wildman–Crippen MR) is 81.8 cm³/mol. The van der Waals surface area contributed by atoms with Crippen LogP contribution in [0.15, 0.2) is 0 Å². The van der Waals surface area contributed by atoms with Crippen LogP contribution in [-0.4, -0.2) is 13.1 Å². The van der Waals surface area contributed by atoms with E-state index in [2.05, 4.69) is 39.9 Å². The van der Waals surface area contributed by atoms with Crippen molar-refractivity contribution in [3.05, 3.63) is 0 Å². The Morgan fingerprint density at radius 3 is 2.50 bits per heavy atom. The molecule has 0 aromatic carbocycles. The lowest BCUT2D eigenvalue weighted by Gasteiger charge is -2.39. The summed E-state index contributed by atoms with van der Waals surface area (Å²) in [4.78, 5) is 0. The van der Waals surface area contributed by atoms with Crippen molar-refractivity contribution in [1.82, 2.24) is 5.32 Å². The third-order valence-corrected chi connectivity index (χ3v) is 4.72. The smallest absolute Gasteiger partial charge is 0.00178 e. The molecule has 0 heterocycles. The van der Waals surface area contributed by atoms with Gasteiger partial charge in [-0.05, 0) is 68.4 Å². The van der Waals surface area contributed by atoms with Crippen molar-refractivity contribution in [2.45, 2.75) is 66.7 Å². The first-order chi connectivity index (χ1) is 8.54. The lowest BCUT2D eigenvalue weighted by Crippen LogP contribution is -2.36. The van der Waals surface area contributed by atoms with Gasteiger partial charge in [-0.2, -0.15) is 0 Å². The molecule has 0 bridgehead atoms. The van der Waals surface area contributed by atoms with E-state index in [9.17, 15) is 0 Å². The summed E-state index contributed by atoms with van der Waals surface area (Å²) in [5, 5.41) is 3.66. The van der Waals surface area contributed by atoms with Crippen LogP contribution in [-0.2, 0) is 0 Å². The minimum Gasteiger partial charge on any atom is -0.316 e. The summed E-state index contributed by atoms with van der Waals surface area (Å²) in [5.74, 6) is 4.59. The highest BCUT2D eigenvalue weighted by atomic mass is 14.9. The second-order valence-corrected chi connectivity index (χ2v) is 7.15. The highest BCUT2D eigenvalue weighted by molar-refractivity contribution is 4.83. The molecule has 1 heteroatoms. The normalized spacial score (nSPS) is 30.7. The topological polar surface area (TPSA) is 12.0 Å². The van der Waals surface area contributed by atoms with E-state index in [1.165, 1.54) is 45.2 Å². The van der Waals surface area contributed by atoms with Crippen molar-refractivity contribution < 1.29 is 0 Å². The molecule has 4 unspecified atom stereocenters. The van der Waals surface area contributed by atoms with Crippen LogP contribution < -0.4 is 5.32 Å². The van der Waals surface area contributed by atoms with Gasteiger partial charge >= 0.3 is 0 Å². The molecule has 0 aromatic rings. The maximum Gasteiger partial charge on any atom is -0.00178 e. The van der Waals surface area contributed by atoms with Gasteiger partial charge in [-0.1, -0.05) is 41.0 Å². The second-order valence-electron chi connectivity index (χ2n) is 7.15. The molecule has 18 heavy (non-hydrogen) atoms. The van der Waals surface area contributed by atoms with Crippen molar-refractivity contribution in [2.24, 2.45) is 29.6 Å². The Bertz CT molecular complexity index is 212. The molecule has 0 amide bonds. The largest absolute Gasteiger partial charge is 0.316 e. The second kappa shape index (κ2) is 8.19. The molecule has 0 aliphatic heterocycles. The Hall–Kier alpha value is -0.0400. The maximum atomic E-state index is 3.66. The summed E-state index contributed by atoms with van der Waals surface area (Å²) in [6.45, 7) is 14.4. The Labute approximate surface area is 115 Å². The van der Waals surface area contributed by atoms with E-state index in [0.29, 0.717) is 0 Å². The molecule has 4 atom stereocenters. The molecule has 0 spiro atoms. The van der Waals surface area contributed by atoms with Crippen LogP contribution >= 0.6 is 0 Å². The number of hydrogen-bond donors (Lipinski definition) is 1. The summed E-state index contributed by atoms with van der Waals surface area (Å²) >= 11 is 0.